The van der Waals surface area contributed by atoms with Crippen molar-refractivity contribution in [3.63, 3.8) is 0 Å². The first-order valence-corrected chi connectivity index (χ1v) is 8.72. The Bertz CT molecular complexity index is 934. The molecule has 1 N–H and O–H groups in total. The predicted octanol–water partition coefficient (Wildman–Crippen LogP) is 4.49. The zero-order valence-corrected chi connectivity index (χ0v) is 14.8. The minimum atomic E-state index is -0.705. The third kappa shape index (κ3) is 3.67. The van der Waals surface area contributed by atoms with Gasteiger partial charge in [0.05, 0.1) is 11.0 Å². The van der Waals surface area contributed by atoms with Gasteiger partial charge in [0.15, 0.2) is 0 Å². The Labute approximate surface area is 149 Å². The summed E-state index contributed by atoms with van der Waals surface area (Å²) < 4.78 is 14.7. The van der Waals surface area contributed by atoms with Crippen LogP contribution in [0.15, 0.2) is 75.4 Å². The number of pyridine rings is 1. The first-order chi connectivity index (χ1) is 12.0. The van der Waals surface area contributed by atoms with Crippen LogP contribution in [-0.4, -0.2) is 9.67 Å². The molecule has 1 aromatic heterocycles. The molecule has 0 aliphatic carbocycles. The van der Waals surface area contributed by atoms with Crippen LogP contribution < -0.4 is 5.56 Å². The quantitative estimate of drug-likeness (QED) is 0.750. The van der Waals surface area contributed by atoms with Crippen LogP contribution in [0.3, 0.4) is 0 Å². The molecule has 128 valence electrons. The fourth-order valence-corrected chi connectivity index (χ4v) is 3.60. The Balaban J connectivity index is 2.17. The minimum Gasteiger partial charge on any atom is -0.389 e. The molecular weight excluding hydrogens is 337 g/mol. The van der Waals surface area contributed by atoms with Gasteiger partial charge in [-0.2, -0.15) is 0 Å². The Morgan fingerprint density at radius 2 is 1.72 bits per heavy atom. The second kappa shape index (κ2) is 7.25. The number of nitrogens with zero attached hydrogens (tertiary/aromatic N) is 1. The molecule has 0 saturated carbocycles. The van der Waals surface area contributed by atoms with E-state index in [9.17, 15) is 14.3 Å². The van der Waals surface area contributed by atoms with Crippen molar-refractivity contribution in [3.8, 4) is 5.69 Å². The van der Waals surface area contributed by atoms with Gasteiger partial charge in [-0.25, -0.2) is 4.39 Å². The Kier molecular flexibility index (Phi) is 5.06. The van der Waals surface area contributed by atoms with Crippen LogP contribution in [0.1, 0.15) is 24.2 Å². The zero-order valence-electron chi connectivity index (χ0n) is 13.9. The van der Waals surface area contributed by atoms with Crippen molar-refractivity contribution >= 4 is 11.8 Å². The average molecular weight is 355 g/mol. The molecule has 1 unspecified atom stereocenters. The number of aliphatic hydroxyl groups is 1. The molecule has 0 saturated heterocycles. The number of aromatic nitrogens is 1. The lowest BCUT2D eigenvalue weighted by Crippen LogP contribution is -2.22. The third-order valence-corrected chi connectivity index (χ3v) is 5.17. The highest BCUT2D eigenvalue weighted by atomic mass is 32.2. The second-order valence-corrected chi connectivity index (χ2v) is 6.87. The van der Waals surface area contributed by atoms with E-state index in [1.165, 1.54) is 23.9 Å². The molecule has 3 nitrogen and oxygen atoms in total. The van der Waals surface area contributed by atoms with E-state index >= 15 is 0 Å². The number of halogens is 1. The molecule has 0 spiro atoms. The largest absolute Gasteiger partial charge is 0.389 e. The van der Waals surface area contributed by atoms with Crippen molar-refractivity contribution < 1.29 is 9.50 Å². The van der Waals surface area contributed by atoms with E-state index in [0.29, 0.717) is 10.5 Å². The van der Waals surface area contributed by atoms with E-state index in [-0.39, 0.29) is 11.4 Å². The van der Waals surface area contributed by atoms with Crippen LogP contribution in [0.25, 0.3) is 5.69 Å². The summed E-state index contributed by atoms with van der Waals surface area (Å²) >= 11 is 1.28. The minimum absolute atomic E-state index is 0.164. The first kappa shape index (κ1) is 17.5. The zero-order chi connectivity index (χ0) is 18.0. The molecule has 2 aromatic carbocycles. The number of rotatable bonds is 4. The van der Waals surface area contributed by atoms with Gasteiger partial charge in [-0.1, -0.05) is 30.0 Å². The third-order valence-electron chi connectivity index (χ3n) is 3.97. The molecule has 3 rings (SSSR count). The highest BCUT2D eigenvalue weighted by Crippen LogP contribution is 2.31. The highest BCUT2D eigenvalue weighted by molar-refractivity contribution is 7.99. The monoisotopic (exact) mass is 355 g/mol. The fourth-order valence-electron chi connectivity index (χ4n) is 2.64. The van der Waals surface area contributed by atoms with Crippen molar-refractivity contribution in [1.82, 2.24) is 4.57 Å². The van der Waals surface area contributed by atoms with Crippen LogP contribution >= 0.6 is 11.8 Å². The van der Waals surface area contributed by atoms with Gasteiger partial charge in [0.25, 0.3) is 5.56 Å². The lowest BCUT2D eigenvalue weighted by molar-refractivity contribution is 0.197. The summed E-state index contributed by atoms with van der Waals surface area (Å²) in [5.41, 5.74) is 1.99. The molecule has 0 aliphatic rings. The van der Waals surface area contributed by atoms with Gasteiger partial charge in [0.2, 0.25) is 0 Å². The molecule has 25 heavy (non-hydrogen) atoms. The lowest BCUT2D eigenvalue weighted by Gasteiger charge is -2.17. The molecule has 1 heterocycles. The molecule has 0 aliphatic heterocycles. The summed E-state index contributed by atoms with van der Waals surface area (Å²) in [6.07, 6.45) is 0.981. The van der Waals surface area contributed by atoms with E-state index in [2.05, 4.69) is 0 Å². The van der Waals surface area contributed by atoms with E-state index in [4.69, 9.17) is 0 Å². The van der Waals surface area contributed by atoms with Crippen LogP contribution in [0, 0.1) is 12.7 Å². The van der Waals surface area contributed by atoms with Crippen molar-refractivity contribution in [2.75, 3.05) is 0 Å². The molecule has 0 amide bonds. The van der Waals surface area contributed by atoms with Gasteiger partial charge in [-0.3, -0.25) is 9.36 Å². The maximum Gasteiger partial charge on any atom is 0.269 e. The van der Waals surface area contributed by atoms with Gasteiger partial charge in [-0.15, -0.1) is 0 Å². The number of hydrogen-bond donors (Lipinski definition) is 1. The molecule has 5 heteroatoms. The van der Waals surface area contributed by atoms with Gasteiger partial charge >= 0.3 is 0 Å². The Hall–Kier alpha value is -2.37. The summed E-state index contributed by atoms with van der Waals surface area (Å²) in [7, 11) is 0. The summed E-state index contributed by atoms with van der Waals surface area (Å²) in [5, 5.41) is 10.1. The molecular formula is C20H18FNO2S. The van der Waals surface area contributed by atoms with E-state index in [1.54, 1.807) is 29.8 Å². The topological polar surface area (TPSA) is 42.2 Å². The maximum atomic E-state index is 13.1. The maximum absolute atomic E-state index is 13.1. The summed E-state index contributed by atoms with van der Waals surface area (Å²) in [4.78, 5) is 14.3. The standard InChI is InChI=1S/C20H18FNO2S/c1-13-18(14(2)23)12-22(16-6-4-3-5-7-16)20(24)19(13)25-17-10-8-15(21)9-11-17/h3-12,14,23H,1-2H3. The Morgan fingerprint density at radius 3 is 2.32 bits per heavy atom. The van der Waals surface area contributed by atoms with E-state index in [0.717, 1.165) is 16.1 Å². The number of hydrogen-bond acceptors (Lipinski definition) is 3. The smallest absolute Gasteiger partial charge is 0.269 e. The van der Waals surface area contributed by atoms with Crippen LogP contribution in [-0.2, 0) is 0 Å². The number of aliphatic hydroxyl groups excluding tert-OH is 1. The molecule has 3 aromatic rings. The summed E-state index contributed by atoms with van der Waals surface area (Å²) in [5.74, 6) is -0.319. The van der Waals surface area contributed by atoms with Gasteiger partial charge in [-0.05, 0) is 55.8 Å². The average Bonchev–Trinajstić information content (AvgIpc) is 2.61. The van der Waals surface area contributed by atoms with Crippen molar-refractivity contribution in [1.29, 1.82) is 0 Å². The first-order valence-electron chi connectivity index (χ1n) is 7.90. The fraction of sp³-hybridized carbons (Fsp3) is 0.150. The number of benzene rings is 2. The number of para-hydroxylation sites is 1. The van der Waals surface area contributed by atoms with Crippen molar-refractivity contribution in [3.05, 3.63) is 88.1 Å². The van der Waals surface area contributed by atoms with Crippen LogP contribution in [0.4, 0.5) is 4.39 Å². The SMILES string of the molecule is Cc1c(C(C)O)cn(-c2ccccc2)c(=O)c1Sc1ccc(F)cc1. The van der Waals surface area contributed by atoms with Crippen molar-refractivity contribution in [2.24, 2.45) is 0 Å². The second-order valence-electron chi connectivity index (χ2n) is 5.78. The molecule has 0 bridgehead atoms. The van der Waals surface area contributed by atoms with Crippen LogP contribution in [0.2, 0.25) is 0 Å². The summed E-state index contributed by atoms with van der Waals surface area (Å²) in [6, 6.07) is 15.3. The van der Waals surface area contributed by atoms with Gasteiger partial charge < -0.3 is 5.11 Å². The lowest BCUT2D eigenvalue weighted by atomic mass is 10.1. The Morgan fingerprint density at radius 1 is 1.08 bits per heavy atom. The summed E-state index contributed by atoms with van der Waals surface area (Å²) in [6.45, 7) is 3.50. The van der Waals surface area contributed by atoms with Crippen LogP contribution in [0.5, 0.6) is 0 Å². The van der Waals surface area contributed by atoms with Gasteiger partial charge in [0, 0.05) is 22.3 Å². The highest BCUT2D eigenvalue weighted by Gasteiger charge is 2.17. The molecule has 1 atom stereocenters. The van der Waals surface area contributed by atoms with Gasteiger partial charge in [0.1, 0.15) is 5.82 Å². The molecule has 0 fully saturated rings. The van der Waals surface area contributed by atoms with E-state index in [1.807, 2.05) is 37.3 Å². The normalized spacial score (nSPS) is 12.2. The predicted molar refractivity (Wildman–Crippen MR) is 97.9 cm³/mol. The van der Waals surface area contributed by atoms with Crippen molar-refractivity contribution in [2.45, 2.75) is 29.7 Å². The molecule has 0 radical (unpaired) electrons. The van der Waals surface area contributed by atoms with E-state index < -0.39 is 6.10 Å².